The number of carboxylic acids is 1. The molecule has 4 rings (SSSR count). The number of ether oxygens (including phenoxy) is 1. The highest BCUT2D eigenvalue weighted by Crippen LogP contribution is 2.44. The minimum Gasteiger partial charge on any atom is -0.480 e. The maximum absolute atomic E-state index is 12.3. The maximum atomic E-state index is 12.3. The Kier molecular flexibility index (Phi) is 8.00. The van der Waals surface area contributed by atoms with Crippen molar-refractivity contribution < 1.29 is 24.2 Å². The molecular weight excluding hydrogens is 464 g/mol. The number of hydrogen-bond acceptors (Lipinski definition) is 5. The fraction of sp³-hybridized carbons (Fsp3) is 0.444. The summed E-state index contributed by atoms with van der Waals surface area (Å²) in [5, 5.41) is 15.1. The first-order valence-electron chi connectivity index (χ1n) is 12.1. The number of alkyl carbamates (subject to hydrolysis) is 1. The number of benzene rings is 2. The largest absolute Gasteiger partial charge is 0.480 e. The molecule has 0 spiro atoms. The van der Waals surface area contributed by atoms with Crippen LogP contribution >= 0.6 is 11.8 Å². The second kappa shape index (κ2) is 11.2. The molecule has 8 heteroatoms. The first-order chi connectivity index (χ1) is 16.9. The molecule has 0 radical (unpaired) electrons. The second-order valence-corrected chi connectivity index (χ2v) is 10.5. The van der Waals surface area contributed by atoms with Gasteiger partial charge in [-0.25, -0.2) is 9.59 Å². The van der Waals surface area contributed by atoms with E-state index in [0.29, 0.717) is 31.1 Å². The lowest BCUT2D eigenvalue weighted by Crippen LogP contribution is -2.56. The van der Waals surface area contributed by atoms with Crippen LogP contribution in [0.3, 0.4) is 0 Å². The van der Waals surface area contributed by atoms with E-state index in [-0.39, 0.29) is 24.2 Å². The predicted octanol–water partition coefficient (Wildman–Crippen LogP) is 4.41. The number of rotatable bonds is 9. The lowest BCUT2D eigenvalue weighted by atomic mass is 9.77. The summed E-state index contributed by atoms with van der Waals surface area (Å²) < 4.78 is 5.51. The minimum atomic E-state index is -1.15. The molecule has 3 N–H and O–H groups in total. The number of carbonyl (C=O) groups is 3. The van der Waals surface area contributed by atoms with Crippen LogP contribution in [0.1, 0.15) is 49.7 Å². The zero-order valence-corrected chi connectivity index (χ0v) is 20.7. The van der Waals surface area contributed by atoms with Crippen molar-refractivity contribution in [3.8, 4) is 11.1 Å². The van der Waals surface area contributed by atoms with E-state index in [1.165, 1.54) is 22.9 Å². The Hall–Kier alpha value is -3.00. The third-order valence-corrected chi connectivity index (χ3v) is 7.97. The zero-order valence-electron chi connectivity index (χ0n) is 19.9. The van der Waals surface area contributed by atoms with E-state index < -0.39 is 17.6 Å². The summed E-state index contributed by atoms with van der Waals surface area (Å²) in [6.07, 6.45) is 2.03. The number of nitrogens with one attached hydrogen (secondary N) is 2. The number of carbonyl (C=O) groups excluding carboxylic acids is 2. The fourth-order valence-electron chi connectivity index (χ4n) is 4.99. The highest BCUT2D eigenvalue weighted by molar-refractivity contribution is 7.99. The Morgan fingerprint density at radius 2 is 1.63 bits per heavy atom. The normalized spacial score (nSPS) is 21.0. The SMILES string of the molecule is CC1CCC(NC(=O)CSCCNC(=O)OCC2c3ccccc3-c3ccccc32)(C(=O)O)CC1. The van der Waals surface area contributed by atoms with E-state index >= 15 is 0 Å². The van der Waals surface area contributed by atoms with Crippen LogP contribution in [0.2, 0.25) is 0 Å². The average molecular weight is 497 g/mol. The van der Waals surface area contributed by atoms with Gasteiger partial charge in [-0.1, -0.05) is 55.5 Å². The molecule has 0 aliphatic heterocycles. The van der Waals surface area contributed by atoms with Gasteiger partial charge in [-0.05, 0) is 53.9 Å². The fourth-order valence-corrected chi connectivity index (χ4v) is 5.64. The number of amides is 2. The molecular formula is C27H32N2O5S. The van der Waals surface area contributed by atoms with Crippen LogP contribution in [-0.2, 0) is 14.3 Å². The summed E-state index contributed by atoms with van der Waals surface area (Å²) in [6.45, 7) is 2.72. The van der Waals surface area contributed by atoms with Gasteiger partial charge in [0.1, 0.15) is 12.1 Å². The first-order valence-corrected chi connectivity index (χ1v) is 13.3. The molecule has 1 fully saturated rings. The molecule has 0 aromatic heterocycles. The highest BCUT2D eigenvalue weighted by Gasteiger charge is 2.42. The van der Waals surface area contributed by atoms with Crippen LogP contribution in [0, 0.1) is 5.92 Å². The first kappa shape index (κ1) is 25.1. The summed E-state index contributed by atoms with van der Waals surface area (Å²) in [5.41, 5.74) is 3.53. The summed E-state index contributed by atoms with van der Waals surface area (Å²) in [5.74, 6) is -0.0767. The lowest BCUT2D eigenvalue weighted by molar-refractivity contribution is -0.149. The van der Waals surface area contributed by atoms with Gasteiger partial charge in [0.25, 0.3) is 0 Å². The maximum Gasteiger partial charge on any atom is 0.407 e. The molecule has 2 amide bonds. The van der Waals surface area contributed by atoms with Crippen molar-refractivity contribution in [1.82, 2.24) is 10.6 Å². The summed E-state index contributed by atoms with van der Waals surface area (Å²) in [7, 11) is 0. The highest BCUT2D eigenvalue weighted by atomic mass is 32.2. The van der Waals surface area contributed by atoms with E-state index in [0.717, 1.165) is 24.0 Å². The topological polar surface area (TPSA) is 105 Å². The smallest absolute Gasteiger partial charge is 0.407 e. The van der Waals surface area contributed by atoms with Crippen molar-refractivity contribution in [3.05, 3.63) is 59.7 Å². The molecule has 0 bridgehead atoms. The molecule has 2 aliphatic rings. The molecule has 1 saturated carbocycles. The quantitative estimate of drug-likeness (QED) is 0.444. The molecule has 0 atom stereocenters. The van der Waals surface area contributed by atoms with E-state index in [1.807, 2.05) is 24.3 Å². The third kappa shape index (κ3) is 5.81. The van der Waals surface area contributed by atoms with Crippen molar-refractivity contribution in [1.29, 1.82) is 0 Å². The van der Waals surface area contributed by atoms with Crippen molar-refractivity contribution >= 4 is 29.7 Å². The van der Waals surface area contributed by atoms with Gasteiger partial charge in [-0.15, -0.1) is 0 Å². The molecule has 7 nitrogen and oxygen atoms in total. The molecule has 2 aromatic rings. The van der Waals surface area contributed by atoms with Crippen molar-refractivity contribution in [2.45, 2.75) is 44.1 Å². The zero-order chi connectivity index (χ0) is 24.8. The molecule has 0 heterocycles. The summed E-state index contributed by atoms with van der Waals surface area (Å²) in [4.78, 5) is 36.4. The van der Waals surface area contributed by atoms with Crippen molar-refractivity contribution in [2.24, 2.45) is 5.92 Å². The van der Waals surface area contributed by atoms with Gasteiger partial charge >= 0.3 is 12.1 Å². The van der Waals surface area contributed by atoms with Gasteiger partial charge < -0.3 is 20.5 Å². The Balaban J connectivity index is 1.17. The number of thioether (sulfide) groups is 1. The summed E-state index contributed by atoms with van der Waals surface area (Å²) in [6, 6.07) is 16.4. The van der Waals surface area contributed by atoms with E-state index in [9.17, 15) is 19.5 Å². The number of fused-ring (bicyclic) bond motifs is 3. The van der Waals surface area contributed by atoms with Gasteiger partial charge in [0.2, 0.25) is 5.91 Å². The molecule has 35 heavy (non-hydrogen) atoms. The second-order valence-electron chi connectivity index (χ2n) is 9.42. The van der Waals surface area contributed by atoms with E-state index in [2.05, 4.69) is 41.8 Å². The molecule has 186 valence electrons. The molecule has 0 unspecified atom stereocenters. The monoisotopic (exact) mass is 496 g/mol. The molecule has 2 aliphatic carbocycles. The summed E-state index contributed by atoms with van der Waals surface area (Å²) >= 11 is 1.35. The Morgan fingerprint density at radius 1 is 1.03 bits per heavy atom. The van der Waals surface area contributed by atoms with Crippen LogP contribution in [0.15, 0.2) is 48.5 Å². The van der Waals surface area contributed by atoms with Gasteiger partial charge in [0.05, 0.1) is 5.75 Å². The van der Waals surface area contributed by atoms with Crippen LogP contribution in [-0.4, -0.2) is 53.3 Å². The Bertz CT molecular complexity index is 1040. The van der Waals surface area contributed by atoms with Crippen molar-refractivity contribution in [3.63, 3.8) is 0 Å². The predicted molar refractivity (Wildman–Crippen MR) is 137 cm³/mol. The number of hydrogen-bond donors (Lipinski definition) is 3. The van der Waals surface area contributed by atoms with Gasteiger partial charge in [0.15, 0.2) is 0 Å². The Morgan fingerprint density at radius 3 is 2.23 bits per heavy atom. The molecule has 0 saturated heterocycles. The average Bonchev–Trinajstić information content (AvgIpc) is 3.17. The van der Waals surface area contributed by atoms with Crippen LogP contribution in [0.25, 0.3) is 11.1 Å². The van der Waals surface area contributed by atoms with Crippen molar-refractivity contribution in [2.75, 3.05) is 24.7 Å². The Labute approximate surface area is 210 Å². The van der Waals surface area contributed by atoms with E-state index in [1.54, 1.807) is 0 Å². The van der Waals surface area contributed by atoms with Gasteiger partial charge in [0, 0.05) is 18.2 Å². The van der Waals surface area contributed by atoms with Gasteiger partial charge in [-0.2, -0.15) is 11.8 Å². The third-order valence-electron chi connectivity index (χ3n) is 7.01. The van der Waals surface area contributed by atoms with Crippen LogP contribution in [0.5, 0.6) is 0 Å². The lowest BCUT2D eigenvalue weighted by Gasteiger charge is -2.36. The standard InChI is InChI=1S/C27H32N2O5S/c1-18-10-12-27(13-11-18,25(31)32)29-24(30)17-35-15-14-28-26(33)34-16-23-21-8-4-2-6-19(21)20-7-3-5-9-22(20)23/h2-9,18,23H,10-17H2,1H3,(H,28,33)(H,29,30)(H,31,32). The number of aliphatic carboxylic acids is 1. The van der Waals surface area contributed by atoms with E-state index in [4.69, 9.17) is 4.74 Å². The number of carboxylic acid groups (broad SMARTS) is 1. The molecule has 2 aromatic carbocycles. The van der Waals surface area contributed by atoms with Gasteiger partial charge in [-0.3, -0.25) is 4.79 Å². The van der Waals surface area contributed by atoms with Crippen LogP contribution < -0.4 is 10.6 Å². The minimum absolute atomic E-state index is 0.00977. The van der Waals surface area contributed by atoms with Crippen LogP contribution in [0.4, 0.5) is 4.79 Å².